The number of hydrogen-bond donors (Lipinski definition) is 5. The fourth-order valence-corrected chi connectivity index (χ4v) is 11.5. The van der Waals surface area contributed by atoms with E-state index in [9.17, 15) is 43.5 Å². The zero-order chi connectivity index (χ0) is 65.1. The zero-order valence-corrected chi connectivity index (χ0v) is 56.1. The Bertz CT molecular complexity index is 2230. The van der Waals surface area contributed by atoms with Crippen molar-refractivity contribution in [1.29, 1.82) is 0 Å². The highest BCUT2D eigenvalue weighted by atomic mass is 16.3. The van der Waals surface area contributed by atoms with Gasteiger partial charge in [0.25, 0.3) is 0 Å². The Balaban J connectivity index is 4.26. The van der Waals surface area contributed by atoms with Crippen LogP contribution in [0.2, 0.25) is 0 Å². The summed E-state index contributed by atoms with van der Waals surface area (Å²) in [5.74, 6) is -9.91. The monoisotopic (exact) mass is 1190 g/mol. The minimum atomic E-state index is -1.53. The Morgan fingerprint density at radius 2 is 1.04 bits per heavy atom. The van der Waals surface area contributed by atoms with Crippen LogP contribution < -0.4 is 21.3 Å². The molecule has 1 heterocycles. The topological polar surface area (TPSA) is 255 Å². The van der Waals surface area contributed by atoms with E-state index in [1.165, 1.54) is 47.7 Å². The Kier molecular flexibility index (Phi) is 32.2. The van der Waals surface area contributed by atoms with Gasteiger partial charge in [-0.1, -0.05) is 123 Å². The van der Waals surface area contributed by atoms with Crippen LogP contribution in [0.4, 0.5) is 0 Å². The molecule has 0 bridgehead atoms. The minimum absolute atomic E-state index is 0.0470. The number of nitrogens with one attached hydrogen (secondary N) is 4. The van der Waals surface area contributed by atoms with Crippen LogP contribution in [-0.4, -0.2) is 185 Å². The highest BCUT2D eigenvalue weighted by molar-refractivity contribution is 5.98. The smallest absolute Gasteiger partial charge is 0.246 e. The first-order valence-electron chi connectivity index (χ1n) is 31.1. The van der Waals surface area contributed by atoms with Crippen molar-refractivity contribution in [3.05, 3.63) is 12.2 Å². The molecule has 20 nitrogen and oxygen atoms in total. The molecule has 1 saturated heterocycles. The molecule has 5 N–H and O–H groups in total. The van der Waals surface area contributed by atoms with Gasteiger partial charge in [0.1, 0.15) is 42.3 Å². The predicted octanol–water partition coefficient (Wildman–Crippen LogP) is 6.08. The molecule has 0 aromatic carbocycles. The second kappa shape index (κ2) is 35.3. The molecule has 0 aliphatic carbocycles. The van der Waals surface area contributed by atoms with E-state index < -0.39 is 138 Å². The quantitative estimate of drug-likeness (QED) is 0.118. The van der Waals surface area contributed by atoms with E-state index in [2.05, 4.69) is 21.3 Å². The predicted molar refractivity (Wildman–Crippen MR) is 330 cm³/mol. The van der Waals surface area contributed by atoms with Crippen LogP contribution in [0, 0.1) is 65.1 Å². The molecule has 4 unspecified atom stereocenters. The summed E-state index contributed by atoms with van der Waals surface area (Å²) in [6.07, 6.45) is 4.51. The molecule has 0 spiro atoms. The van der Waals surface area contributed by atoms with E-state index in [1.54, 1.807) is 74.4 Å². The van der Waals surface area contributed by atoms with Gasteiger partial charge in [-0.2, -0.15) is 0 Å². The standard InChI is InChI=1S/C64H115N9O11/c1-25-27-28-41(15)55(75)54-59(79)67-49(26-2)62(82)69(20)34-51(74)43(17)48(31-37(7)8)57(77)68-52(39(11)12)63(83)71(22)50(32-38(9)10)58(78)65-44(18)56(76)66-45(19)60(80)70(21)46(29-35(3)4)33-42(16)47(30-36(5)6)61(81)72(23)53(40(13)14)64(84)73(54)24/h25,27,35-50,52-55,75H,26,28-34H2,1-24H3,(H,65,78)(H,66,76)(H,67,79)(H,68,77)/b27-25+/t41-,42?,43?,44+,45-,46+,47-,48-,49+,50+,52?,53+,54?,55-/m1/s1. The molecule has 84 heavy (non-hydrogen) atoms. The zero-order valence-electron chi connectivity index (χ0n) is 56.1. The van der Waals surface area contributed by atoms with Gasteiger partial charge in [0.2, 0.25) is 53.2 Å². The third kappa shape index (κ3) is 22.1. The first-order valence-corrected chi connectivity index (χ1v) is 31.1. The molecule has 0 aromatic heterocycles. The number of aliphatic hydroxyl groups excluding tert-OH is 1. The summed E-state index contributed by atoms with van der Waals surface area (Å²) in [5, 5.41) is 23.4. The van der Waals surface area contributed by atoms with Gasteiger partial charge in [0.15, 0.2) is 5.78 Å². The molecule has 9 amide bonds. The summed E-state index contributed by atoms with van der Waals surface area (Å²) < 4.78 is 0. The summed E-state index contributed by atoms with van der Waals surface area (Å²) in [5.41, 5.74) is 0. The average molecular weight is 1190 g/mol. The molecule has 14 atom stereocenters. The van der Waals surface area contributed by atoms with Crippen LogP contribution >= 0.6 is 0 Å². The lowest BCUT2D eigenvalue weighted by molar-refractivity contribution is -0.155. The first-order chi connectivity index (χ1) is 38.8. The SMILES string of the molecule is C/C=C/C[C@@H](C)[C@@H](O)C1C(=O)N[C@@H](CC)C(=O)N(C)CC(=O)C(C)[C@@H](CC(C)C)C(=O)NC(C(C)C)C(=O)N(C)[C@@H](CC(C)C)C(=O)N[C@@H](C)C(=O)N[C@H](C)C(=O)N(C)[C@@H](CC(C)C)CC(C)[C@@H](CC(C)C)C(=O)N(C)[C@@H](C(C)C)C(=O)N1C. The van der Waals surface area contributed by atoms with Crippen molar-refractivity contribution in [1.82, 2.24) is 45.8 Å². The van der Waals surface area contributed by atoms with Crippen molar-refractivity contribution >= 4 is 58.9 Å². The van der Waals surface area contributed by atoms with Crippen LogP contribution in [0.1, 0.15) is 176 Å². The summed E-state index contributed by atoms with van der Waals surface area (Å²) >= 11 is 0. The number of ketones is 1. The van der Waals surface area contributed by atoms with Crippen molar-refractivity contribution < 1.29 is 53.1 Å². The van der Waals surface area contributed by atoms with Gasteiger partial charge in [0, 0.05) is 59.0 Å². The third-order valence-corrected chi connectivity index (χ3v) is 16.8. The van der Waals surface area contributed by atoms with Crippen LogP contribution in [0.3, 0.4) is 0 Å². The van der Waals surface area contributed by atoms with Crippen molar-refractivity contribution in [2.24, 2.45) is 65.1 Å². The van der Waals surface area contributed by atoms with Crippen molar-refractivity contribution in [2.45, 2.75) is 231 Å². The van der Waals surface area contributed by atoms with Gasteiger partial charge < -0.3 is 50.9 Å². The Morgan fingerprint density at radius 1 is 0.524 bits per heavy atom. The number of nitrogens with zero attached hydrogens (tertiary/aromatic N) is 5. The largest absolute Gasteiger partial charge is 0.390 e. The molecule has 20 heteroatoms. The van der Waals surface area contributed by atoms with Gasteiger partial charge in [-0.15, -0.1) is 0 Å². The van der Waals surface area contributed by atoms with Crippen molar-refractivity contribution in [3.8, 4) is 0 Å². The lowest BCUT2D eigenvalue weighted by atomic mass is 9.80. The summed E-state index contributed by atoms with van der Waals surface area (Å²) in [7, 11) is 7.56. The number of carbonyl (C=O) groups is 10. The fourth-order valence-electron chi connectivity index (χ4n) is 11.5. The van der Waals surface area contributed by atoms with E-state index in [-0.39, 0.29) is 66.7 Å². The van der Waals surface area contributed by atoms with Crippen LogP contribution in [0.5, 0.6) is 0 Å². The van der Waals surface area contributed by atoms with Gasteiger partial charge >= 0.3 is 0 Å². The number of hydrogen-bond acceptors (Lipinski definition) is 11. The summed E-state index contributed by atoms with van der Waals surface area (Å²) in [6, 6.07) is -8.61. The molecule has 0 aromatic rings. The number of rotatable bonds is 15. The number of aliphatic hydroxyl groups is 1. The fraction of sp³-hybridized carbons (Fsp3) is 0.812. The molecule has 0 radical (unpaired) electrons. The molecule has 482 valence electrons. The molecular formula is C64H115N9O11. The van der Waals surface area contributed by atoms with E-state index in [0.717, 1.165) is 0 Å². The second-order valence-electron chi connectivity index (χ2n) is 26.9. The van der Waals surface area contributed by atoms with Gasteiger partial charge in [-0.05, 0) is 113 Å². The highest BCUT2D eigenvalue weighted by Crippen LogP contribution is 2.32. The number of carbonyl (C=O) groups excluding carboxylic acids is 10. The Labute approximate surface area is 505 Å². The highest BCUT2D eigenvalue weighted by Gasteiger charge is 2.45. The van der Waals surface area contributed by atoms with Crippen LogP contribution in [-0.2, 0) is 47.9 Å². The molecule has 1 aliphatic rings. The minimum Gasteiger partial charge on any atom is -0.390 e. The van der Waals surface area contributed by atoms with E-state index >= 15 is 9.59 Å². The second-order valence-corrected chi connectivity index (χ2v) is 26.9. The first kappa shape index (κ1) is 76.6. The third-order valence-electron chi connectivity index (χ3n) is 16.8. The maximum Gasteiger partial charge on any atom is 0.246 e. The Hall–Kier alpha value is -5.40. The lowest BCUT2D eigenvalue weighted by Crippen LogP contribution is -2.62. The summed E-state index contributed by atoms with van der Waals surface area (Å²) in [6.45, 7) is 34.3. The Morgan fingerprint density at radius 3 is 1.52 bits per heavy atom. The number of likely N-dealkylation sites (N-methyl/N-ethyl adjacent to an activating group) is 5. The average Bonchev–Trinajstić information content (AvgIpc) is 3.55. The van der Waals surface area contributed by atoms with Gasteiger partial charge in [-0.3, -0.25) is 47.9 Å². The van der Waals surface area contributed by atoms with E-state index in [1.807, 2.05) is 81.4 Å². The maximum absolute atomic E-state index is 15.2. The number of allylic oxidation sites excluding steroid dienone is 2. The molecule has 0 saturated carbocycles. The van der Waals surface area contributed by atoms with Crippen molar-refractivity contribution in [2.75, 3.05) is 41.8 Å². The molecular weight excluding hydrogens is 1070 g/mol. The normalized spacial score (nSPS) is 28.8. The number of amides is 9. The number of Topliss-reactive ketones (excluding diaryl/α,β-unsaturated/α-hetero) is 1. The van der Waals surface area contributed by atoms with Gasteiger partial charge in [0.05, 0.1) is 12.6 Å². The van der Waals surface area contributed by atoms with E-state index in [4.69, 9.17) is 0 Å². The van der Waals surface area contributed by atoms with Crippen LogP contribution in [0.25, 0.3) is 0 Å². The summed E-state index contributed by atoms with van der Waals surface area (Å²) in [4.78, 5) is 152. The maximum atomic E-state index is 15.2. The molecule has 1 rings (SSSR count). The van der Waals surface area contributed by atoms with Crippen LogP contribution in [0.15, 0.2) is 12.2 Å². The van der Waals surface area contributed by atoms with Gasteiger partial charge in [-0.25, -0.2) is 0 Å². The van der Waals surface area contributed by atoms with E-state index in [0.29, 0.717) is 25.7 Å². The molecule has 1 aliphatic heterocycles. The molecule has 1 fully saturated rings. The van der Waals surface area contributed by atoms with Crippen molar-refractivity contribution in [3.63, 3.8) is 0 Å². The lowest BCUT2D eigenvalue weighted by Gasteiger charge is -2.41.